The van der Waals surface area contributed by atoms with Gasteiger partial charge in [0.15, 0.2) is 0 Å². The first kappa shape index (κ1) is 11.8. The van der Waals surface area contributed by atoms with Crippen LogP contribution in [-0.2, 0) is 9.53 Å². The van der Waals surface area contributed by atoms with Crippen LogP contribution >= 0.6 is 11.6 Å². The highest BCUT2D eigenvalue weighted by molar-refractivity contribution is 6.18. The molecule has 0 saturated heterocycles. The Labute approximate surface area is 79.2 Å². The van der Waals surface area contributed by atoms with Crippen LogP contribution in [0.25, 0.3) is 0 Å². The summed E-state index contributed by atoms with van der Waals surface area (Å²) in [5, 5.41) is 0. The van der Waals surface area contributed by atoms with Gasteiger partial charge in [-0.2, -0.15) is 0 Å². The lowest BCUT2D eigenvalue weighted by Gasteiger charge is -2.10. The second-order valence-electron chi connectivity index (χ2n) is 2.86. The molecule has 1 unspecified atom stereocenters. The number of carbonyl (C=O) groups is 1. The highest BCUT2D eigenvalue weighted by atomic mass is 35.5. The topological polar surface area (TPSA) is 26.3 Å². The maximum absolute atomic E-state index is 9.98. The molecule has 0 bridgehead atoms. The monoisotopic (exact) mass is 192 g/mol. The fraction of sp³-hybridized carbons (Fsp3) is 0.889. The smallest absolute Gasteiger partial charge is 0.293 e. The quantitative estimate of drug-likeness (QED) is 0.336. The molecule has 0 N–H and O–H groups in total. The summed E-state index contributed by atoms with van der Waals surface area (Å²) in [5.41, 5.74) is 0. The molecule has 0 aromatic rings. The predicted octanol–water partition coefficient (Wildman–Crippen LogP) is 2.74. The Kier molecular flexibility index (Phi) is 8.68. The molecule has 0 spiro atoms. The van der Waals surface area contributed by atoms with E-state index in [9.17, 15) is 4.79 Å². The molecule has 0 rings (SSSR count). The molecular formula is C9H17ClO2. The highest BCUT2D eigenvalue weighted by Crippen LogP contribution is 2.08. The van der Waals surface area contributed by atoms with Crippen LogP contribution in [0.5, 0.6) is 0 Å². The molecule has 0 radical (unpaired) electrons. The summed E-state index contributed by atoms with van der Waals surface area (Å²) in [6.45, 7) is 2.65. The molecule has 0 amide bonds. The Morgan fingerprint density at radius 3 is 2.67 bits per heavy atom. The van der Waals surface area contributed by atoms with Gasteiger partial charge < -0.3 is 4.74 Å². The van der Waals surface area contributed by atoms with Crippen LogP contribution in [0, 0.1) is 0 Å². The number of halogens is 1. The fourth-order valence-corrected chi connectivity index (χ4v) is 1.29. The number of hydrogen-bond acceptors (Lipinski definition) is 2. The van der Waals surface area contributed by atoms with Gasteiger partial charge in [-0.1, -0.05) is 26.2 Å². The number of alkyl halides is 1. The molecule has 0 aromatic carbocycles. The van der Waals surface area contributed by atoms with E-state index in [1.807, 2.05) is 0 Å². The Bertz CT molecular complexity index is 107. The molecule has 12 heavy (non-hydrogen) atoms. The van der Waals surface area contributed by atoms with Gasteiger partial charge in [-0.15, -0.1) is 11.6 Å². The lowest BCUT2D eigenvalue weighted by atomic mass is 10.1. The van der Waals surface area contributed by atoms with Crippen LogP contribution in [0.4, 0.5) is 0 Å². The second kappa shape index (κ2) is 8.85. The van der Waals surface area contributed by atoms with Crippen molar-refractivity contribution in [3.05, 3.63) is 0 Å². The number of ether oxygens (including phenoxy) is 1. The minimum atomic E-state index is -0.0824. The third-order valence-corrected chi connectivity index (χ3v) is 2.14. The summed E-state index contributed by atoms with van der Waals surface area (Å²) < 4.78 is 4.76. The van der Waals surface area contributed by atoms with Crippen molar-refractivity contribution in [2.24, 2.45) is 0 Å². The molecule has 72 valence electrons. The van der Waals surface area contributed by atoms with Crippen molar-refractivity contribution in [2.75, 3.05) is 5.88 Å². The van der Waals surface area contributed by atoms with Crippen molar-refractivity contribution in [1.82, 2.24) is 0 Å². The molecule has 0 aromatic heterocycles. The van der Waals surface area contributed by atoms with Gasteiger partial charge in [-0.05, 0) is 12.8 Å². The van der Waals surface area contributed by atoms with Crippen molar-refractivity contribution >= 4 is 18.1 Å². The van der Waals surface area contributed by atoms with Crippen molar-refractivity contribution in [1.29, 1.82) is 0 Å². The molecule has 0 aliphatic rings. The molecule has 0 aliphatic heterocycles. The van der Waals surface area contributed by atoms with E-state index in [0.717, 1.165) is 12.8 Å². The third-order valence-electron chi connectivity index (χ3n) is 1.80. The Morgan fingerprint density at radius 2 is 2.17 bits per heavy atom. The summed E-state index contributed by atoms with van der Waals surface area (Å²) in [4.78, 5) is 9.98. The van der Waals surface area contributed by atoms with Gasteiger partial charge in [0, 0.05) is 0 Å². The Morgan fingerprint density at radius 1 is 1.42 bits per heavy atom. The van der Waals surface area contributed by atoms with E-state index >= 15 is 0 Å². The molecule has 0 heterocycles. The van der Waals surface area contributed by atoms with Crippen molar-refractivity contribution in [3.63, 3.8) is 0 Å². The summed E-state index contributed by atoms with van der Waals surface area (Å²) >= 11 is 5.58. The predicted molar refractivity (Wildman–Crippen MR) is 50.4 cm³/mol. The normalized spacial score (nSPS) is 12.5. The maximum Gasteiger partial charge on any atom is 0.293 e. The van der Waals surface area contributed by atoms with Crippen LogP contribution < -0.4 is 0 Å². The Balaban J connectivity index is 3.25. The summed E-state index contributed by atoms with van der Waals surface area (Å²) in [6.07, 6.45) is 5.57. The van der Waals surface area contributed by atoms with E-state index in [4.69, 9.17) is 16.3 Å². The van der Waals surface area contributed by atoms with Crippen molar-refractivity contribution < 1.29 is 9.53 Å². The first-order chi connectivity index (χ1) is 5.85. The minimum Gasteiger partial charge on any atom is -0.463 e. The van der Waals surface area contributed by atoms with Gasteiger partial charge in [0.1, 0.15) is 6.10 Å². The summed E-state index contributed by atoms with van der Waals surface area (Å²) in [6, 6.07) is 0. The van der Waals surface area contributed by atoms with E-state index < -0.39 is 0 Å². The van der Waals surface area contributed by atoms with Gasteiger partial charge >= 0.3 is 0 Å². The molecule has 0 aliphatic carbocycles. The van der Waals surface area contributed by atoms with E-state index in [1.54, 1.807) is 0 Å². The van der Waals surface area contributed by atoms with E-state index in [-0.39, 0.29) is 6.10 Å². The van der Waals surface area contributed by atoms with Gasteiger partial charge in [0.2, 0.25) is 0 Å². The lowest BCUT2D eigenvalue weighted by Crippen LogP contribution is -2.13. The van der Waals surface area contributed by atoms with E-state index in [2.05, 4.69) is 6.92 Å². The number of unbranched alkanes of at least 4 members (excludes halogenated alkanes) is 3. The van der Waals surface area contributed by atoms with Crippen LogP contribution in [0.15, 0.2) is 0 Å². The maximum atomic E-state index is 9.98. The molecule has 3 heteroatoms. The first-order valence-electron chi connectivity index (χ1n) is 4.50. The van der Waals surface area contributed by atoms with Crippen LogP contribution in [0.3, 0.4) is 0 Å². The van der Waals surface area contributed by atoms with E-state index in [1.165, 1.54) is 19.3 Å². The average Bonchev–Trinajstić information content (AvgIpc) is 2.10. The SMILES string of the molecule is CCCCCCC(CCl)OC=O. The van der Waals surface area contributed by atoms with Crippen LogP contribution in [0.1, 0.15) is 39.0 Å². The van der Waals surface area contributed by atoms with Crippen molar-refractivity contribution in [3.8, 4) is 0 Å². The zero-order chi connectivity index (χ0) is 9.23. The second-order valence-corrected chi connectivity index (χ2v) is 3.17. The number of rotatable bonds is 8. The minimum absolute atomic E-state index is 0.0824. The highest BCUT2D eigenvalue weighted by Gasteiger charge is 2.05. The van der Waals surface area contributed by atoms with Crippen molar-refractivity contribution in [2.45, 2.75) is 45.1 Å². The third kappa shape index (κ3) is 6.47. The zero-order valence-corrected chi connectivity index (χ0v) is 8.35. The standard InChI is InChI=1S/C9H17ClO2/c1-2-3-4-5-6-9(7-10)12-8-11/h8-9H,2-7H2,1H3. The molecule has 1 atom stereocenters. The zero-order valence-electron chi connectivity index (χ0n) is 7.59. The number of hydrogen-bond donors (Lipinski definition) is 0. The average molecular weight is 193 g/mol. The molecule has 0 fully saturated rings. The molecule has 0 saturated carbocycles. The number of carbonyl (C=O) groups excluding carboxylic acids is 1. The first-order valence-corrected chi connectivity index (χ1v) is 5.03. The lowest BCUT2D eigenvalue weighted by molar-refractivity contribution is -0.132. The van der Waals surface area contributed by atoms with Gasteiger partial charge in [-0.25, -0.2) is 0 Å². The molecule has 2 nitrogen and oxygen atoms in total. The van der Waals surface area contributed by atoms with E-state index in [0.29, 0.717) is 12.4 Å². The Hall–Kier alpha value is -0.240. The largest absolute Gasteiger partial charge is 0.463 e. The summed E-state index contributed by atoms with van der Waals surface area (Å²) in [7, 11) is 0. The van der Waals surface area contributed by atoms with Gasteiger partial charge in [0.25, 0.3) is 6.47 Å². The van der Waals surface area contributed by atoms with Crippen LogP contribution in [-0.4, -0.2) is 18.5 Å². The van der Waals surface area contributed by atoms with Gasteiger partial charge in [0.05, 0.1) is 5.88 Å². The summed E-state index contributed by atoms with van der Waals surface area (Å²) in [5.74, 6) is 0.408. The fourth-order valence-electron chi connectivity index (χ4n) is 1.06. The van der Waals surface area contributed by atoms with Crippen LogP contribution in [0.2, 0.25) is 0 Å². The van der Waals surface area contributed by atoms with Gasteiger partial charge in [-0.3, -0.25) is 4.79 Å². The molecular weight excluding hydrogens is 176 g/mol.